The third-order valence-corrected chi connectivity index (χ3v) is 7.65. The second-order valence-electron chi connectivity index (χ2n) is 6.63. The van der Waals surface area contributed by atoms with Crippen molar-refractivity contribution in [3.05, 3.63) is 40.1 Å². The van der Waals surface area contributed by atoms with Gasteiger partial charge >= 0.3 is 6.61 Å². The lowest BCUT2D eigenvalue weighted by atomic mass is 10.2. The molecule has 0 spiro atoms. The number of sulfonamides is 1. The van der Waals surface area contributed by atoms with Crippen molar-refractivity contribution in [1.29, 1.82) is 0 Å². The predicted molar refractivity (Wildman–Crippen MR) is 108 cm³/mol. The standard InChI is InChI=1S/C19H22F2N2O5S2/c1-27-14-6-5-13(11-15(14)28-19(20)21)12-22-18(24)17-16(7-10-29-17)30(25,26)23-8-3-2-4-9-23/h5-7,10-11,19H,2-4,8-9,12H2,1H3,(H,22,24). The molecular formula is C19H22F2N2O5S2. The monoisotopic (exact) mass is 460 g/mol. The van der Waals surface area contributed by atoms with Crippen LogP contribution in [-0.2, 0) is 16.6 Å². The minimum atomic E-state index is -3.74. The van der Waals surface area contributed by atoms with Crippen molar-refractivity contribution in [2.75, 3.05) is 20.2 Å². The lowest BCUT2D eigenvalue weighted by Gasteiger charge is -2.25. The topological polar surface area (TPSA) is 84.9 Å². The molecule has 30 heavy (non-hydrogen) atoms. The average Bonchev–Trinajstić information content (AvgIpc) is 3.23. The first-order valence-corrected chi connectivity index (χ1v) is 11.6. The lowest BCUT2D eigenvalue weighted by molar-refractivity contribution is -0.0512. The number of methoxy groups -OCH3 is 1. The molecule has 1 aliphatic heterocycles. The average molecular weight is 461 g/mol. The number of carbonyl (C=O) groups is 1. The fourth-order valence-electron chi connectivity index (χ4n) is 3.19. The number of thiophene rings is 1. The Labute approximate surface area is 177 Å². The number of nitrogens with one attached hydrogen (secondary N) is 1. The van der Waals surface area contributed by atoms with Crippen molar-refractivity contribution in [3.63, 3.8) is 0 Å². The maximum Gasteiger partial charge on any atom is 0.387 e. The van der Waals surface area contributed by atoms with Crippen molar-refractivity contribution in [3.8, 4) is 11.5 Å². The molecule has 7 nitrogen and oxygen atoms in total. The predicted octanol–water partition coefficient (Wildman–Crippen LogP) is 3.46. The summed E-state index contributed by atoms with van der Waals surface area (Å²) in [5, 5.41) is 4.20. The van der Waals surface area contributed by atoms with Gasteiger partial charge in [-0.25, -0.2) is 8.42 Å². The normalized spacial score (nSPS) is 15.2. The van der Waals surface area contributed by atoms with Crippen LogP contribution in [0.2, 0.25) is 0 Å². The smallest absolute Gasteiger partial charge is 0.387 e. The highest BCUT2D eigenvalue weighted by Crippen LogP contribution is 2.30. The number of carbonyl (C=O) groups excluding carboxylic acids is 1. The van der Waals surface area contributed by atoms with Gasteiger partial charge in [0.05, 0.1) is 7.11 Å². The van der Waals surface area contributed by atoms with E-state index in [0.717, 1.165) is 30.6 Å². The summed E-state index contributed by atoms with van der Waals surface area (Å²) in [6, 6.07) is 5.82. The van der Waals surface area contributed by atoms with Crippen molar-refractivity contribution in [1.82, 2.24) is 9.62 Å². The SMILES string of the molecule is COc1ccc(CNC(=O)c2sccc2S(=O)(=O)N2CCCCC2)cc1OC(F)F. The first-order chi connectivity index (χ1) is 14.3. The Morgan fingerprint density at radius 3 is 2.60 bits per heavy atom. The zero-order chi connectivity index (χ0) is 21.7. The molecule has 0 bridgehead atoms. The number of nitrogens with zero attached hydrogens (tertiary/aromatic N) is 1. The summed E-state index contributed by atoms with van der Waals surface area (Å²) in [5.41, 5.74) is 0.497. The number of alkyl halides is 2. The Hall–Kier alpha value is -2.24. The van der Waals surface area contributed by atoms with E-state index in [1.54, 1.807) is 11.4 Å². The minimum absolute atomic E-state index is 0.00350. The van der Waals surface area contributed by atoms with Crippen molar-refractivity contribution in [2.45, 2.75) is 37.3 Å². The van der Waals surface area contributed by atoms with Crippen LogP contribution in [0.4, 0.5) is 8.78 Å². The molecule has 0 unspecified atom stereocenters. The van der Waals surface area contributed by atoms with E-state index in [2.05, 4.69) is 10.1 Å². The van der Waals surface area contributed by atoms with Gasteiger partial charge in [0, 0.05) is 19.6 Å². The zero-order valence-corrected chi connectivity index (χ0v) is 17.9. The second-order valence-corrected chi connectivity index (χ2v) is 9.45. The van der Waals surface area contributed by atoms with Crippen molar-refractivity contribution >= 4 is 27.3 Å². The number of amides is 1. The van der Waals surface area contributed by atoms with Crippen LogP contribution in [0.1, 0.15) is 34.5 Å². The lowest BCUT2D eigenvalue weighted by Crippen LogP contribution is -2.36. The summed E-state index contributed by atoms with van der Waals surface area (Å²) in [6.07, 6.45) is 2.58. The number of hydrogen-bond acceptors (Lipinski definition) is 6. The molecule has 0 saturated carbocycles. The van der Waals surface area contributed by atoms with E-state index >= 15 is 0 Å². The molecule has 1 aromatic heterocycles. The summed E-state index contributed by atoms with van der Waals surface area (Å²) in [5.74, 6) is -0.560. The molecule has 1 aliphatic rings. The Morgan fingerprint density at radius 2 is 1.93 bits per heavy atom. The molecule has 0 aliphatic carbocycles. The molecule has 0 atom stereocenters. The van der Waals surface area contributed by atoms with Gasteiger partial charge in [0.2, 0.25) is 10.0 Å². The van der Waals surface area contributed by atoms with Crippen LogP contribution in [0.3, 0.4) is 0 Å². The molecule has 1 aromatic carbocycles. The van der Waals surface area contributed by atoms with E-state index < -0.39 is 22.5 Å². The van der Waals surface area contributed by atoms with Gasteiger partial charge in [-0.1, -0.05) is 12.5 Å². The van der Waals surface area contributed by atoms with E-state index in [0.29, 0.717) is 18.7 Å². The minimum Gasteiger partial charge on any atom is -0.493 e. The summed E-state index contributed by atoms with van der Waals surface area (Å²) in [4.78, 5) is 12.7. The van der Waals surface area contributed by atoms with Crippen LogP contribution in [0.15, 0.2) is 34.5 Å². The molecule has 1 saturated heterocycles. The van der Waals surface area contributed by atoms with Crippen LogP contribution in [0.25, 0.3) is 0 Å². The van der Waals surface area contributed by atoms with Crippen LogP contribution in [0, 0.1) is 0 Å². The molecule has 1 N–H and O–H groups in total. The van der Waals surface area contributed by atoms with Gasteiger partial charge in [0.25, 0.3) is 5.91 Å². The number of halogens is 2. The molecule has 1 fully saturated rings. The molecule has 3 rings (SSSR count). The van der Waals surface area contributed by atoms with Gasteiger partial charge in [0.1, 0.15) is 9.77 Å². The largest absolute Gasteiger partial charge is 0.493 e. The highest BCUT2D eigenvalue weighted by molar-refractivity contribution is 7.89. The van der Waals surface area contributed by atoms with Crippen LogP contribution in [-0.4, -0.2) is 45.4 Å². The van der Waals surface area contributed by atoms with Crippen molar-refractivity contribution in [2.24, 2.45) is 0 Å². The molecule has 2 heterocycles. The quantitative estimate of drug-likeness (QED) is 0.652. The second kappa shape index (κ2) is 9.71. The third-order valence-electron chi connectivity index (χ3n) is 4.67. The number of rotatable bonds is 8. The molecular weight excluding hydrogens is 438 g/mol. The first kappa shape index (κ1) is 22.4. The van der Waals surface area contributed by atoms with Gasteiger partial charge in [-0.3, -0.25) is 4.79 Å². The Balaban J connectivity index is 1.73. The number of benzene rings is 1. The van der Waals surface area contributed by atoms with E-state index in [-0.39, 0.29) is 27.8 Å². The van der Waals surface area contributed by atoms with E-state index in [1.807, 2.05) is 0 Å². The molecule has 0 radical (unpaired) electrons. The Morgan fingerprint density at radius 1 is 1.20 bits per heavy atom. The highest BCUT2D eigenvalue weighted by Gasteiger charge is 2.30. The number of piperidine rings is 1. The van der Waals surface area contributed by atoms with E-state index in [4.69, 9.17) is 4.74 Å². The van der Waals surface area contributed by atoms with E-state index in [9.17, 15) is 22.0 Å². The number of hydrogen-bond donors (Lipinski definition) is 1. The summed E-state index contributed by atoms with van der Waals surface area (Å²) < 4.78 is 61.8. The van der Waals surface area contributed by atoms with Crippen LogP contribution >= 0.6 is 11.3 Å². The fourth-order valence-corrected chi connectivity index (χ4v) is 6.03. The fraction of sp³-hybridized carbons (Fsp3) is 0.421. The van der Waals surface area contributed by atoms with Crippen LogP contribution < -0.4 is 14.8 Å². The highest BCUT2D eigenvalue weighted by atomic mass is 32.2. The first-order valence-electron chi connectivity index (χ1n) is 9.30. The van der Waals surface area contributed by atoms with Gasteiger partial charge in [-0.05, 0) is 42.0 Å². The van der Waals surface area contributed by atoms with Crippen LogP contribution in [0.5, 0.6) is 11.5 Å². The summed E-state index contributed by atoms with van der Waals surface area (Å²) in [6.45, 7) is -2.13. The molecule has 164 valence electrons. The van der Waals surface area contributed by atoms with Gasteiger partial charge in [-0.15, -0.1) is 11.3 Å². The molecule has 11 heteroatoms. The summed E-state index contributed by atoms with van der Waals surface area (Å²) >= 11 is 1.04. The van der Waals surface area contributed by atoms with Crippen molar-refractivity contribution < 1.29 is 31.5 Å². The van der Waals surface area contributed by atoms with E-state index in [1.165, 1.54) is 29.6 Å². The van der Waals surface area contributed by atoms with Gasteiger partial charge in [0.15, 0.2) is 11.5 Å². The molecule has 2 aromatic rings. The number of ether oxygens (including phenoxy) is 2. The third kappa shape index (κ3) is 5.08. The summed E-state index contributed by atoms with van der Waals surface area (Å²) in [7, 11) is -2.41. The van der Waals surface area contributed by atoms with Gasteiger partial charge in [-0.2, -0.15) is 13.1 Å². The maximum atomic E-state index is 12.9. The molecule has 1 amide bonds. The zero-order valence-electron chi connectivity index (χ0n) is 16.3. The Kier molecular flexibility index (Phi) is 7.27. The maximum absolute atomic E-state index is 12.9. The Bertz CT molecular complexity index is 989. The van der Waals surface area contributed by atoms with Gasteiger partial charge < -0.3 is 14.8 Å².